The molecule has 0 aromatic rings. The van der Waals surface area contributed by atoms with Gasteiger partial charge in [0, 0.05) is 6.42 Å². The van der Waals surface area contributed by atoms with Crippen LogP contribution in [0.2, 0.25) is 0 Å². The topological polar surface area (TPSA) is 228 Å². The number of carbonyl (C=O) groups is 1. The Kier molecular flexibility index (Phi) is 50.6. The lowest BCUT2D eigenvalue weighted by molar-refractivity contribution is -0.359. The molecule has 12 atom stereocenters. The summed E-state index contributed by atoms with van der Waals surface area (Å²) in [4.78, 5) is 13.3. The van der Waals surface area contributed by atoms with Crippen molar-refractivity contribution in [1.29, 1.82) is 0 Å². The molecule has 14 heteroatoms. The van der Waals surface area contributed by atoms with E-state index in [0.29, 0.717) is 12.8 Å². The van der Waals surface area contributed by atoms with Crippen LogP contribution in [0.25, 0.3) is 0 Å². The number of ether oxygens (including phenoxy) is 4. The van der Waals surface area contributed by atoms with E-state index in [1.54, 1.807) is 6.08 Å². The van der Waals surface area contributed by atoms with Crippen LogP contribution in [0, 0.1) is 0 Å². The minimum atomic E-state index is -1.79. The zero-order chi connectivity index (χ0) is 60.2. The van der Waals surface area contributed by atoms with Crippen LogP contribution in [0.15, 0.2) is 36.5 Å². The van der Waals surface area contributed by atoms with Crippen LogP contribution in [-0.4, -0.2) is 140 Å². The van der Waals surface area contributed by atoms with Gasteiger partial charge in [0.05, 0.1) is 32.0 Å². The first-order chi connectivity index (χ1) is 40.6. The molecule has 0 bridgehead atoms. The Morgan fingerprint density at radius 1 is 0.422 bits per heavy atom. The molecule has 0 aliphatic carbocycles. The summed E-state index contributed by atoms with van der Waals surface area (Å²) in [6.07, 6.45) is 52.1. The third-order valence-corrected chi connectivity index (χ3v) is 17.1. The fourth-order valence-electron chi connectivity index (χ4n) is 11.5. The smallest absolute Gasteiger partial charge is 0.220 e. The molecule has 2 rings (SSSR count). The Morgan fingerprint density at radius 2 is 0.771 bits per heavy atom. The van der Waals surface area contributed by atoms with E-state index < -0.39 is 86.8 Å². The summed E-state index contributed by atoms with van der Waals surface area (Å²) in [6.45, 7) is 2.81. The number of aliphatic hydroxyl groups excluding tert-OH is 8. The lowest BCUT2D eigenvalue weighted by Crippen LogP contribution is -2.65. The second-order valence-electron chi connectivity index (χ2n) is 24.6. The Hall–Kier alpha value is -1.79. The molecule has 2 fully saturated rings. The van der Waals surface area contributed by atoms with Gasteiger partial charge >= 0.3 is 0 Å². The molecular weight excluding hydrogens is 1050 g/mol. The number of amides is 1. The van der Waals surface area contributed by atoms with E-state index in [9.17, 15) is 45.6 Å². The lowest BCUT2D eigenvalue weighted by Gasteiger charge is -2.46. The molecule has 12 unspecified atom stereocenters. The first kappa shape index (κ1) is 77.3. The average Bonchev–Trinajstić information content (AvgIpc) is 3.65. The molecule has 9 N–H and O–H groups in total. The van der Waals surface area contributed by atoms with Gasteiger partial charge in [0.2, 0.25) is 5.91 Å². The fourth-order valence-corrected chi connectivity index (χ4v) is 11.5. The highest BCUT2D eigenvalue weighted by Crippen LogP contribution is 2.30. The second kappa shape index (κ2) is 54.4. The molecule has 83 heavy (non-hydrogen) atoms. The molecule has 2 saturated heterocycles. The molecule has 0 radical (unpaired) electrons. The van der Waals surface area contributed by atoms with Crippen LogP contribution >= 0.6 is 0 Å². The molecular formula is C69H129NO13. The summed E-state index contributed by atoms with van der Waals surface area (Å²) in [5.74, 6) is -0.247. The minimum Gasteiger partial charge on any atom is -0.394 e. The van der Waals surface area contributed by atoms with E-state index in [-0.39, 0.29) is 18.9 Å². The van der Waals surface area contributed by atoms with Gasteiger partial charge in [-0.05, 0) is 44.9 Å². The van der Waals surface area contributed by atoms with Crippen molar-refractivity contribution >= 4 is 5.91 Å². The summed E-state index contributed by atoms with van der Waals surface area (Å²) in [7, 11) is 0. The van der Waals surface area contributed by atoms with Crippen molar-refractivity contribution in [2.24, 2.45) is 0 Å². The van der Waals surface area contributed by atoms with Crippen LogP contribution in [-0.2, 0) is 23.7 Å². The maximum atomic E-state index is 13.3. The monoisotopic (exact) mass is 1180 g/mol. The molecule has 2 aliphatic rings. The van der Waals surface area contributed by atoms with Crippen LogP contribution in [0.5, 0.6) is 0 Å². The molecule has 0 saturated carbocycles. The number of hydrogen-bond acceptors (Lipinski definition) is 13. The SMILES string of the molecule is CCCCCCCCCCC/C=C/CC/C=C/CC/C=C/C(O)C(COC1OC(CO)C(OC2OC(CO)C(O)C(O)C2O)C(O)C1O)NC(=O)CCCCCCCCCCCCCCCCCCCCCCCCCCCCCCCC. The van der Waals surface area contributed by atoms with Crippen molar-refractivity contribution in [3.63, 3.8) is 0 Å². The van der Waals surface area contributed by atoms with Gasteiger partial charge in [-0.15, -0.1) is 0 Å². The lowest BCUT2D eigenvalue weighted by atomic mass is 9.97. The number of carbonyl (C=O) groups excluding carboxylic acids is 1. The van der Waals surface area contributed by atoms with Gasteiger partial charge in [0.15, 0.2) is 12.6 Å². The Bertz CT molecular complexity index is 1530. The van der Waals surface area contributed by atoms with Gasteiger partial charge in [0.1, 0.15) is 48.8 Å². The van der Waals surface area contributed by atoms with E-state index >= 15 is 0 Å². The third-order valence-electron chi connectivity index (χ3n) is 17.1. The molecule has 488 valence electrons. The van der Waals surface area contributed by atoms with Gasteiger partial charge in [-0.1, -0.05) is 288 Å². The summed E-state index contributed by atoms with van der Waals surface area (Å²) in [5, 5.41) is 87.3. The van der Waals surface area contributed by atoms with E-state index in [4.69, 9.17) is 18.9 Å². The summed E-state index contributed by atoms with van der Waals surface area (Å²) < 4.78 is 22.8. The fraction of sp³-hybridized carbons (Fsp3) is 0.899. The molecule has 14 nitrogen and oxygen atoms in total. The standard InChI is InChI=1S/C69H129NO13/c1-3-5-7-9-11-13-15-17-19-21-23-24-25-26-27-28-29-30-31-32-33-35-37-39-41-43-45-47-49-51-53-61(74)70-57(58(73)52-50-48-46-44-42-40-38-36-34-22-20-18-16-14-12-10-8-6-4-2)56-80-68-66(79)64(77)67(60(55-72)82-68)83-69-65(78)63(76)62(75)59(54-71)81-69/h34,36,42,44,50,52,57-60,62-69,71-73,75-79H,3-33,35,37-41,43,45-49,51,53-56H2,1-2H3,(H,70,74)/b36-34+,44-42+,52-50+. The van der Waals surface area contributed by atoms with E-state index in [1.165, 1.54) is 225 Å². The van der Waals surface area contributed by atoms with Crippen LogP contribution in [0.4, 0.5) is 0 Å². The summed E-state index contributed by atoms with van der Waals surface area (Å²) in [5.41, 5.74) is 0. The molecule has 0 aromatic heterocycles. The van der Waals surface area contributed by atoms with Crippen LogP contribution in [0.3, 0.4) is 0 Å². The minimum absolute atomic E-state index is 0.247. The predicted molar refractivity (Wildman–Crippen MR) is 337 cm³/mol. The zero-order valence-corrected chi connectivity index (χ0v) is 53.0. The van der Waals surface area contributed by atoms with Crippen molar-refractivity contribution < 1.29 is 64.6 Å². The summed E-state index contributed by atoms with van der Waals surface area (Å²) in [6, 6.07) is -0.936. The van der Waals surface area contributed by atoms with E-state index in [2.05, 4.69) is 43.5 Å². The average molecular weight is 1180 g/mol. The van der Waals surface area contributed by atoms with E-state index in [0.717, 1.165) is 44.9 Å². The highest BCUT2D eigenvalue weighted by atomic mass is 16.7. The third kappa shape index (κ3) is 39.0. The highest BCUT2D eigenvalue weighted by Gasteiger charge is 2.51. The van der Waals surface area contributed by atoms with Gasteiger partial charge in [-0.2, -0.15) is 0 Å². The number of nitrogens with one attached hydrogen (secondary N) is 1. The number of rotatable bonds is 57. The van der Waals surface area contributed by atoms with Crippen molar-refractivity contribution in [2.75, 3.05) is 19.8 Å². The number of aliphatic hydroxyl groups is 8. The summed E-state index contributed by atoms with van der Waals surface area (Å²) >= 11 is 0. The van der Waals surface area contributed by atoms with Crippen LogP contribution < -0.4 is 5.32 Å². The largest absolute Gasteiger partial charge is 0.394 e. The molecule has 0 spiro atoms. The first-order valence-electron chi connectivity index (χ1n) is 34.7. The highest BCUT2D eigenvalue weighted by molar-refractivity contribution is 5.76. The van der Waals surface area contributed by atoms with Crippen molar-refractivity contribution in [3.8, 4) is 0 Å². The number of unbranched alkanes of at least 4 members (excludes halogenated alkanes) is 40. The van der Waals surface area contributed by atoms with Gasteiger partial charge < -0.3 is 65.1 Å². The maximum absolute atomic E-state index is 13.3. The van der Waals surface area contributed by atoms with Crippen molar-refractivity contribution in [3.05, 3.63) is 36.5 Å². The predicted octanol–water partition coefficient (Wildman–Crippen LogP) is 13.7. The molecule has 2 heterocycles. The second-order valence-corrected chi connectivity index (χ2v) is 24.6. The molecule has 2 aliphatic heterocycles. The first-order valence-corrected chi connectivity index (χ1v) is 34.7. The Labute approximate surface area is 506 Å². The number of allylic oxidation sites excluding steroid dienone is 5. The van der Waals surface area contributed by atoms with Crippen molar-refractivity contribution in [2.45, 2.75) is 376 Å². The number of hydrogen-bond donors (Lipinski definition) is 9. The molecule has 0 aromatic carbocycles. The Balaban J connectivity index is 1.67. The molecule has 1 amide bonds. The quantitative estimate of drug-likeness (QED) is 0.0204. The van der Waals surface area contributed by atoms with E-state index in [1.807, 2.05) is 6.08 Å². The van der Waals surface area contributed by atoms with Gasteiger partial charge in [-0.25, -0.2) is 0 Å². The van der Waals surface area contributed by atoms with Crippen LogP contribution in [0.1, 0.15) is 303 Å². The van der Waals surface area contributed by atoms with Gasteiger partial charge in [-0.3, -0.25) is 4.79 Å². The Morgan fingerprint density at radius 3 is 1.18 bits per heavy atom. The normalized spacial score (nSPS) is 24.0. The van der Waals surface area contributed by atoms with Crippen molar-refractivity contribution in [1.82, 2.24) is 5.32 Å². The zero-order valence-electron chi connectivity index (χ0n) is 53.0. The van der Waals surface area contributed by atoms with Gasteiger partial charge in [0.25, 0.3) is 0 Å². The maximum Gasteiger partial charge on any atom is 0.220 e.